The highest BCUT2D eigenvalue weighted by molar-refractivity contribution is 7.13. The Bertz CT molecular complexity index is 474. The summed E-state index contributed by atoms with van der Waals surface area (Å²) in [5, 5.41) is 2.77. The highest BCUT2D eigenvalue weighted by Crippen LogP contribution is 2.36. The van der Waals surface area contributed by atoms with Crippen LogP contribution in [0.15, 0.2) is 35.7 Å². The fraction of sp³-hybridized carbons (Fsp3) is 0.400. The summed E-state index contributed by atoms with van der Waals surface area (Å²) in [5.41, 5.74) is 8.25. The largest absolute Gasteiger partial charge is 0.375 e. The van der Waals surface area contributed by atoms with Gasteiger partial charge in [-0.25, -0.2) is 4.98 Å². The second-order valence-corrected chi connectivity index (χ2v) is 5.47. The first-order valence-electron chi connectivity index (χ1n) is 6.52. The summed E-state index contributed by atoms with van der Waals surface area (Å²) in [4.78, 5) is 4.50. The number of benzene rings is 1. The van der Waals surface area contributed by atoms with Crippen molar-refractivity contribution < 1.29 is 0 Å². The summed E-state index contributed by atoms with van der Waals surface area (Å²) in [6.45, 7) is 4.50. The van der Waals surface area contributed by atoms with Crippen LogP contribution in [0, 0.1) is 5.92 Å². The van der Waals surface area contributed by atoms with Gasteiger partial charge in [-0.3, -0.25) is 0 Å². The average molecular weight is 260 g/mol. The topological polar surface area (TPSA) is 38.9 Å². The van der Waals surface area contributed by atoms with E-state index in [1.165, 1.54) is 16.9 Å². The van der Waals surface area contributed by atoms with Crippen molar-refractivity contribution in [2.75, 3.05) is 5.73 Å². The quantitative estimate of drug-likeness (QED) is 0.870. The van der Waals surface area contributed by atoms with Crippen LogP contribution in [0.2, 0.25) is 0 Å². The molecule has 2 rings (SSSR count). The molecule has 3 heteroatoms. The molecule has 1 atom stereocenters. The molecule has 0 saturated heterocycles. The highest BCUT2D eigenvalue weighted by atomic mass is 32.1. The fourth-order valence-corrected chi connectivity index (χ4v) is 3.15. The highest BCUT2D eigenvalue weighted by Gasteiger charge is 2.24. The molecule has 96 valence electrons. The van der Waals surface area contributed by atoms with Gasteiger partial charge in [-0.1, -0.05) is 57.0 Å². The summed E-state index contributed by atoms with van der Waals surface area (Å²) in [5.74, 6) is 0.989. The Morgan fingerprint density at radius 3 is 2.33 bits per heavy atom. The number of thiazole rings is 1. The van der Waals surface area contributed by atoms with Crippen LogP contribution in [0.3, 0.4) is 0 Å². The Balaban J connectivity index is 2.40. The summed E-state index contributed by atoms with van der Waals surface area (Å²) in [6, 6.07) is 10.6. The molecule has 0 aliphatic heterocycles. The number of hydrogen-bond donors (Lipinski definition) is 1. The van der Waals surface area contributed by atoms with Crippen LogP contribution < -0.4 is 5.73 Å². The summed E-state index contributed by atoms with van der Waals surface area (Å²) < 4.78 is 0. The van der Waals surface area contributed by atoms with Gasteiger partial charge in [0.1, 0.15) is 0 Å². The second-order valence-electron chi connectivity index (χ2n) is 4.58. The third-order valence-corrected chi connectivity index (χ3v) is 4.23. The van der Waals surface area contributed by atoms with Crippen molar-refractivity contribution in [3.8, 4) is 0 Å². The molecule has 2 N–H and O–H groups in total. The molecule has 1 aromatic heterocycles. The van der Waals surface area contributed by atoms with E-state index in [4.69, 9.17) is 5.73 Å². The van der Waals surface area contributed by atoms with Gasteiger partial charge < -0.3 is 5.73 Å². The Morgan fingerprint density at radius 1 is 1.17 bits per heavy atom. The van der Waals surface area contributed by atoms with Gasteiger partial charge in [-0.15, -0.1) is 11.3 Å². The van der Waals surface area contributed by atoms with Gasteiger partial charge in [-0.2, -0.15) is 0 Å². The second kappa shape index (κ2) is 6.01. The van der Waals surface area contributed by atoms with Gasteiger partial charge in [0, 0.05) is 11.3 Å². The molecule has 0 fully saturated rings. The number of nitrogen functional groups attached to an aromatic ring is 1. The van der Waals surface area contributed by atoms with Crippen molar-refractivity contribution in [1.29, 1.82) is 0 Å². The normalized spacial score (nSPS) is 12.8. The average Bonchev–Trinajstić information content (AvgIpc) is 2.83. The third kappa shape index (κ3) is 2.72. The molecule has 0 spiro atoms. The molecule has 1 heterocycles. The van der Waals surface area contributed by atoms with Gasteiger partial charge in [-0.05, 0) is 11.5 Å². The van der Waals surface area contributed by atoms with Gasteiger partial charge in [0.05, 0.1) is 5.69 Å². The lowest BCUT2D eigenvalue weighted by atomic mass is 9.81. The number of rotatable bonds is 5. The standard InChI is InChI=1S/C15H20N2S/c1-3-11(4-2)14(12-8-6-5-7-9-12)13-10-18-15(16)17-13/h5-11,14H,3-4H2,1-2H3,(H2,16,17). The minimum Gasteiger partial charge on any atom is -0.375 e. The lowest BCUT2D eigenvalue weighted by Gasteiger charge is -2.24. The Kier molecular flexibility index (Phi) is 4.37. The van der Waals surface area contributed by atoms with Gasteiger partial charge in [0.15, 0.2) is 5.13 Å². The van der Waals surface area contributed by atoms with Crippen molar-refractivity contribution >= 4 is 16.5 Å². The zero-order valence-electron chi connectivity index (χ0n) is 11.0. The SMILES string of the molecule is CCC(CC)C(c1ccccc1)c1csc(N)n1. The van der Waals surface area contributed by atoms with Crippen LogP contribution >= 0.6 is 11.3 Å². The minimum absolute atomic E-state index is 0.370. The van der Waals surface area contributed by atoms with E-state index in [0.717, 1.165) is 18.5 Å². The molecule has 0 amide bonds. The fourth-order valence-electron chi connectivity index (χ4n) is 2.55. The lowest BCUT2D eigenvalue weighted by Crippen LogP contribution is -2.13. The minimum atomic E-state index is 0.370. The molecule has 0 aliphatic carbocycles. The summed E-state index contributed by atoms with van der Waals surface area (Å²) in [6.07, 6.45) is 2.32. The number of nitrogens with zero attached hydrogens (tertiary/aromatic N) is 1. The molecule has 0 radical (unpaired) electrons. The Hall–Kier alpha value is -1.35. The molecule has 18 heavy (non-hydrogen) atoms. The van der Waals surface area contributed by atoms with Crippen molar-refractivity contribution in [3.63, 3.8) is 0 Å². The van der Waals surface area contributed by atoms with Gasteiger partial charge >= 0.3 is 0 Å². The number of aromatic nitrogens is 1. The first-order chi connectivity index (χ1) is 8.76. The first-order valence-corrected chi connectivity index (χ1v) is 7.40. The molecule has 0 aliphatic rings. The van der Waals surface area contributed by atoms with Crippen molar-refractivity contribution in [3.05, 3.63) is 47.0 Å². The van der Waals surface area contributed by atoms with E-state index in [2.05, 4.69) is 54.5 Å². The summed E-state index contributed by atoms with van der Waals surface area (Å²) >= 11 is 1.53. The molecule has 0 bridgehead atoms. The first kappa shape index (κ1) is 13.1. The van der Waals surface area contributed by atoms with E-state index >= 15 is 0 Å². The monoisotopic (exact) mass is 260 g/mol. The van der Waals surface area contributed by atoms with E-state index < -0.39 is 0 Å². The zero-order valence-corrected chi connectivity index (χ0v) is 11.8. The predicted molar refractivity (Wildman–Crippen MR) is 78.9 cm³/mol. The molecular formula is C15H20N2S. The Labute approximate surface area is 113 Å². The van der Waals surface area contributed by atoms with E-state index in [-0.39, 0.29) is 0 Å². The molecule has 2 nitrogen and oxygen atoms in total. The molecule has 1 aromatic carbocycles. The zero-order chi connectivity index (χ0) is 13.0. The third-order valence-electron chi connectivity index (χ3n) is 3.54. The summed E-state index contributed by atoms with van der Waals surface area (Å²) in [7, 11) is 0. The number of anilines is 1. The van der Waals surface area contributed by atoms with Crippen LogP contribution in [0.25, 0.3) is 0 Å². The van der Waals surface area contributed by atoms with Crippen LogP contribution in [-0.2, 0) is 0 Å². The van der Waals surface area contributed by atoms with Gasteiger partial charge in [0.25, 0.3) is 0 Å². The van der Waals surface area contributed by atoms with Crippen molar-refractivity contribution in [1.82, 2.24) is 4.98 Å². The molecule has 0 saturated carbocycles. The predicted octanol–water partition coefficient (Wildman–Crippen LogP) is 4.29. The lowest BCUT2D eigenvalue weighted by molar-refractivity contribution is 0.433. The van der Waals surface area contributed by atoms with Gasteiger partial charge in [0.2, 0.25) is 0 Å². The maximum absolute atomic E-state index is 5.78. The van der Waals surface area contributed by atoms with Crippen LogP contribution in [0.4, 0.5) is 5.13 Å². The van der Waals surface area contributed by atoms with Crippen molar-refractivity contribution in [2.24, 2.45) is 5.92 Å². The maximum Gasteiger partial charge on any atom is 0.180 e. The smallest absolute Gasteiger partial charge is 0.180 e. The van der Waals surface area contributed by atoms with E-state index in [1.54, 1.807) is 0 Å². The van der Waals surface area contributed by atoms with Crippen LogP contribution in [0.5, 0.6) is 0 Å². The molecular weight excluding hydrogens is 240 g/mol. The van der Waals surface area contributed by atoms with Crippen LogP contribution in [-0.4, -0.2) is 4.98 Å². The molecule has 1 unspecified atom stereocenters. The van der Waals surface area contributed by atoms with E-state index in [9.17, 15) is 0 Å². The molecule has 2 aromatic rings. The van der Waals surface area contributed by atoms with Crippen LogP contribution in [0.1, 0.15) is 43.9 Å². The maximum atomic E-state index is 5.78. The number of hydrogen-bond acceptors (Lipinski definition) is 3. The number of nitrogens with two attached hydrogens (primary N) is 1. The Morgan fingerprint density at radius 2 is 1.83 bits per heavy atom. The van der Waals surface area contributed by atoms with Crippen molar-refractivity contribution in [2.45, 2.75) is 32.6 Å². The van der Waals surface area contributed by atoms with E-state index in [0.29, 0.717) is 17.0 Å². The van der Waals surface area contributed by atoms with E-state index in [1.807, 2.05) is 0 Å².